The molecule has 0 bridgehead atoms. The van der Waals surface area contributed by atoms with E-state index in [4.69, 9.17) is 8.83 Å². The molecular formula is C60H37NO2. The van der Waals surface area contributed by atoms with Crippen LogP contribution in [0, 0.1) is 0 Å². The zero-order valence-electron chi connectivity index (χ0n) is 34.1. The first-order valence-corrected chi connectivity index (χ1v) is 21.5. The van der Waals surface area contributed by atoms with Crippen LogP contribution >= 0.6 is 0 Å². The summed E-state index contributed by atoms with van der Waals surface area (Å²) >= 11 is 0. The Balaban J connectivity index is 0.862. The predicted molar refractivity (Wildman–Crippen MR) is 263 cm³/mol. The Kier molecular flexibility index (Phi) is 7.91. The summed E-state index contributed by atoms with van der Waals surface area (Å²) in [5.74, 6) is 0. The lowest BCUT2D eigenvalue weighted by Gasteiger charge is -2.11. The van der Waals surface area contributed by atoms with Gasteiger partial charge in [-0.25, -0.2) is 0 Å². The zero-order valence-corrected chi connectivity index (χ0v) is 34.1. The lowest BCUT2D eigenvalue weighted by Crippen LogP contribution is -1.94. The molecule has 0 fully saturated rings. The maximum absolute atomic E-state index is 6.44. The normalized spacial score (nSPS) is 11.8. The third-order valence-electron chi connectivity index (χ3n) is 12.8. The highest BCUT2D eigenvalue weighted by Crippen LogP contribution is 2.40. The first-order valence-electron chi connectivity index (χ1n) is 21.5. The first kappa shape index (κ1) is 35.4. The van der Waals surface area contributed by atoms with E-state index in [2.05, 4.69) is 229 Å². The Hall–Kier alpha value is -8.40. The summed E-state index contributed by atoms with van der Waals surface area (Å²) in [6.07, 6.45) is 0. The lowest BCUT2D eigenvalue weighted by atomic mass is 9.96. The van der Waals surface area contributed by atoms with E-state index < -0.39 is 0 Å². The smallest absolute Gasteiger partial charge is 0.135 e. The molecule has 13 rings (SSSR count). The van der Waals surface area contributed by atoms with Gasteiger partial charge in [0.2, 0.25) is 0 Å². The molecule has 63 heavy (non-hydrogen) atoms. The third kappa shape index (κ3) is 5.89. The number of furan rings is 2. The van der Waals surface area contributed by atoms with E-state index in [1.807, 2.05) is 0 Å². The number of nitrogens with zero attached hydrogens (tertiary/aromatic N) is 1. The van der Waals surface area contributed by atoms with Gasteiger partial charge in [0.05, 0.1) is 11.0 Å². The number of hydrogen-bond donors (Lipinski definition) is 0. The topological polar surface area (TPSA) is 31.2 Å². The van der Waals surface area contributed by atoms with Crippen molar-refractivity contribution in [1.29, 1.82) is 0 Å². The molecule has 10 aromatic carbocycles. The summed E-state index contributed by atoms with van der Waals surface area (Å²) < 4.78 is 15.1. The van der Waals surface area contributed by atoms with Gasteiger partial charge in [-0.3, -0.25) is 0 Å². The van der Waals surface area contributed by atoms with Crippen molar-refractivity contribution in [2.75, 3.05) is 0 Å². The van der Waals surface area contributed by atoms with Crippen LogP contribution in [-0.2, 0) is 0 Å². The molecule has 0 saturated heterocycles. The number of hydrogen-bond acceptors (Lipinski definition) is 2. The number of benzene rings is 10. The molecule has 0 saturated carbocycles. The Morgan fingerprint density at radius 1 is 0.222 bits per heavy atom. The predicted octanol–water partition coefficient (Wildman–Crippen LogP) is 16.9. The van der Waals surface area contributed by atoms with Gasteiger partial charge in [-0.1, -0.05) is 140 Å². The van der Waals surface area contributed by atoms with Crippen molar-refractivity contribution in [2.45, 2.75) is 0 Å². The van der Waals surface area contributed by atoms with Gasteiger partial charge in [0.1, 0.15) is 22.3 Å². The largest absolute Gasteiger partial charge is 0.456 e. The van der Waals surface area contributed by atoms with Crippen LogP contribution in [0.3, 0.4) is 0 Å². The molecule has 294 valence electrons. The van der Waals surface area contributed by atoms with E-state index in [9.17, 15) is 0 Å². The Bertz CT molecular complexity index is 3900. The van der Waals surface area contributed by atoms with E-state index in [0.717, 1.165) is 82.9 Å². The van der Waals surface area contributed by atoms with Crippen LogP contribution in [0.25, 0.3) is 127 Å². The van der Waals surface area contributed by atoms with Crippen molar-refractivity contribution in [3.05, 3.63) is 224 Å². The molecule has 3 heterocycles. The average Bonchev–Trinajstić information content (AvgIpc) is 4.03. The van der Waals surface area contributed by atoms with Gasteiger partial charge in [-0.2, -0.15) is 0 Å². The fraction of sp³-hybridized carbons (Fsp3) is 0. The summed E-state index contributed by atoms with van der Waals surface area (Å²) in [4.78, 5) is 0. The summed E-state index contributed by atoms with van der Waals surface area (Å²) in [6, 6.07) is 80.5. The quantitative estimate of drug-likeness (QED) is 0.168. The molecule has 0 unspecified atom stereocenters. The van der Waals surface area contributed by atoms with Crippen molar-refractivity contribution in [1.82, 2.24) is 4.57 Å². The summed E-state index contributed by atoms with van der Waals surface area (Å²) in [6.45, 7) is 0. The first-order chi connectivity index (χ1) is 31.2. The fourth-order valence-electron chi connectivity index (χ4n) is 9.67. The van der Waals surface area contributed by atoms with Crippen LogP contribution in [0.5, 0.6) is 0 Å². The highest BCUT2D eigenvalue weighted by Gasteiger charge is 2.16. The van der Waals surface area contributed by atoms with Crippen LogP contribution in [0.1, 0.15) is 0 Å². The van der Waals surface area contributed by atoms with Gasteiger partial charge in [-0.15, -0.1) is 0 Å². The van der Waals surface area contributed by atoms with E-state index in [-0.39, 0.29) is 0 Å². The fourth-order valence-corrected chi connectivity index (χ4v) is 9.67. The van der Waals surface area contributed by atoms with E-state index in [1.165, 1.54) is 44.1 Å². The molecule has 13 aromatic rings. The summed E-state index contributed by atoms with van der Waals surface area (Å²) in [5.41, 5.74) is 18.8. The van der Waals surface area contributed by atoms with Crippen LogP contribution in [0.2, 0.25) is 0 Å². The van der Waals surface area contributed by atoms with Crippen LogP contribution in [0.4, 0.5) is 0 Å². The molecule has 0 N–H and O–H groups in total. The molecule has 0 aliphatic heterocycles. The highest BCUT2D eigenvalue weighted by atomic mass is 16.3. The second-order valence-electron chi connectivity index (χ2n) is 16.5. The van der Waals surface area contributed by atoms with Gasteiger partial charge < -0.3 is 13.4 Å². The molecule has 3 heteroatoms. The molecule has 3 nitrogen and oxygen atoms in total. The van der Waals surface area contributed by atoms with E-state index in [1.54, 1.807) is 0 Å². The summed E-state index contributed by atoms with van der Waals surface area (Å²) in [5, 5.41) is 6.93. The molecular weight excluding hydrogens is 767 g/mol. The van der Waals surface area contributed by atoms with Gasteiger partial charge in [0, 0.05) is 38.0 Å². The molecule has 0 spiro atoms. The second-order valence-corrected chi connectivity index (χ2v) is 16.5. The minimum atomic E-state index is 0.878. The third-order valence-corrected chi connectivity index (χ3v) is 12.8. The monoisotopic (exact) mass is 803 g/mol. The van der Waals surface area contributed by atoms with Crippen molar-refractivity contribution >= 4 is 65.7 Å². The van der Waals surface area contributed by atoms with E-state index in [0.29, 0.717) is 0 Å². The van der Waals surface area contributed by atoms with Gasteiger partial charge >= 0.3 is 0 Å². The Morgan fingerprint density at radius 3 is 1.11 bits per heavy atom. The van der Waals surface area contributed by atoms with Gasteiger partial charge in [-0.05, 0) is 141 Å². The second kappa shape index (κ2) is 14.1. The SMILES string of the molecule is c1ccc(-c2ccc3oc4ccc(-c5cccc(-c6ccc7oc8ccc(-c9cccc(-n%10c%11ccccc%11c%11cc(-c%12ccccc%12)ccc%11%10)c9)cc8c7c6)c5)cc4c3c2)cc1. The van der Waals surface area contributed by atoms with Crippen molar-refractivity contribution < 1.29 is 8.83 Å². The zero-order chi connectivity index (χ0) is 41.4. The minimum Gasteiger partial charge on any atom is -0.456 e. The number of fused-ring (bicyclic) bond motifs is 9. The molecule has 0 amide bonds. The Morgan fingerprint density at radius 2 is 0.587 bits per heavy atom. The van der Waals surface area contributed by atoms with Crippen molar-refractivity contribution in [3.63, 3.8) is 0 Å². The molecule has 3 aromatic heterocycles. The van der Waals surface area contributed by atoms with Crippen LogP contribution in [-0.4, -0.2) is 4.57 Å². The number of aromatic nitrogens is 1. The van der Waals surface area contributed by atoms with Crippen molar-refractivity contribution in [3.8, 4) is 61.3 Å². The average molecular weight is 804 g/mol. The van der Waals surface area contributed by atoms with Gasteiger partial charge in [0.25, 0.3) is 0 Å². The maximum atomic E-state index is 6.44. The highest BCUT2D eigenvalue weighted by molar-refractivity contribution is 6.11. The van der Waals surface area contributed by atoms with Crippen LogP contribution in [0.15, 0.2) is 233 Å². The molecule has 0 aliphatic rings. The maximum Gasteiger partial charge on any atom is 0.135 e. The molecule has 0 aliphatic carbocycles. The Labute approximate surface area is 363 Å². The van der Waals surface area contributed by atoms with Crippen molar-refractivity contribution in [2.24, 2.45) is 0 Å². The van der Waals surface area contributed by atoms with Gasteiger partial charge in [0.15, 0.2) is 0 Å². The summed E-state index contributed by atoms with van der Waals surface area (Å²) in [7, 11) is 0. The van der Waals surface area contributed by atoms with E-state index >= 15 is 0 Å². The lowest BCUT2D eigenvalue weighted by molar-refractivity contribution is 0.668. The molecule has 0 radical (unpaired) electrons. The number of para-hydroxylation sites is 1. The standard InChI is InChI=1S/C60H37NO2/c1-3-11-38(12-4-1)43-21-26-56-50(33-43)49-19-7-8-20-55(49)61(56)48-18-10-17-42(32-48)47-25-30-60-54(37-47)53-36-46(24-29-59(53)63-60)41-16-9-15-40(31-41)45-23-28-58-52(35-45)51-34-44(22-27-57(51)62-58)39-13-5-2-6-14-39/h1-37H. The minimum absolute atomic E-state index is 0.878. The molecule has 0 atom stereocenters. The number of rotatable bonds is 6. The van der Waals surface area contributed by atoms with Crippen LogP contribution < -0.4 is 0 Å².